The molecule has 0 amide bonds. The van der Waals surface area contributed by atoms with E-state index >= 15 is 0 Å². The predicted octanol–water partition coefficient (Wildman–Crippen LogP) is 1.17. The van der Waals surface area contributed by atoms with Gasteiger partial charge in [0.25, 0.3) is 0 Å². The highest BCUT2D eigenvalue weighted by molar-refractivity contribution is 14.0. The number of nitrogens with one attached hydrogen (secondary N) is 1. The van der Waals surface area contributed by atoms with Crippen LogP contribution in [0.4, 0.5) is 0 Å². The second-order valence-electron chi connectivity index (χ2n) is 5.91. The van der Waals surface area contributed by atoms with Crippen molar-refractivity contribution < 1.29 is 9.53 Å². The van der Waals surface area contributed by atoms with Gasteiger partial charge in [-0.15, -0.1) is 24.0 Å². The van der Waals surface area contributed by atoms with Gasteiger partial charge in [-0.2, -0.15) is 5.10 Å². The van der Waals surface area contributed by atoms with Gasteiger partial charge in [-0.1, -0.05) is 0 Å². The summed E-state index contributed by atoms with van der Waals surface area (Å²) >= 11 is 0. The van der Waals surface area contributed by atoms with E-state index in [9.17, 15) is 4.79 Å². The molecule has 0 fully saturated rings. The minimum atomic E-state index is -0.504. The van der Waals surface area contributed by atoms with Gasteiger partial charge < -0.3 is 15.0 Å². The number of nitrogens with zero attached hydrogens (tertiary/aromatic N) is 5. The average molecular weight is 438 g/mol. The summed E-state index contributed by atoms with van der Waals surface area (Å²) in [6, 6.07) is 0. The monoisotopic (exact) mass is 438 g/mol. The molecule has 1 rings (SSSR count). The first kappa shape index (κ1) is 21.6. The smallest absolute Gasteiger partial charge is 0.328 e. The maximum Gasteiger partial charge on any atom is 0.328 e. The number of halogens is 1. The molecule has 0 unspecified atom stereocenters. The molecule has 0 bridgehead atoms. The van der Waals surface area contributed by atoms with E-state index in [0.29, 0.717) is 19.0 Å². The fourth-order valence-corrected chi connectivity index (χ4v) is 1.73. The fourth-order valence-electron chi connectivity index (χ4n) is 1.73. The molecular weight excluding hydrogens is 411 g/mol. The molecule has 0 saturated heterocycles. The minimum Gasteiger partial charge on any atom is -0.459 e. The Morgan fingerprint density at radius 2 is 2.13 bits per heavy atom. The Morgan fingerprint density at radius 1 is 1.48 bits per heavy atom. The van der Waals surface area contributed by atoms with Crippen molar-refractivity contribution in [2.75, 3.05) is 20.1 Å². The highest BCUT2D eigenvalue weighted by Crippen LogP contribution is 2.07. The van der Waals surface area contributed by atoms with Crippen molar-refractivity contribution in [2.24, 2.45) is 12.0 Å². The van der Waals surface area contributed by atoms with Crippen LogP contribution < -0.4 is 5.32 Å². The lowest BCUT2D eigenvalue weighted by atomic mass is 10.2. The van der Waals surface area contributed by atoms with Crippen molar-refractivity contribution in [1.82, 2.24) is 25.0 Å². The topological polar surface area (TPSA) is 84.6 Å². The van der Waals surface area contributed by atoms with E-state index in [1.54, 1.807) is 4.68 Å². The number of aromatic nitrogens is 3. The van der Waals surface area contributed by atoms with Crippen molar-refractivity contribution in [3.63, 3.8) is 0 Å². The normalized spacial score (nSPS) is 11.7. The molecule has 0 aliphatic carbocycles. The van der Waals surface area contributed by atoms with Gasteiger partial charge in [-0.05, 0) is 27.7 Å². The summed E-state index contributed by atoms with van der Waals surface area (Å²) in [7, 11) is 3.71. The van der Waals surface area contributed by atoms with Crippen LogP contribution in [0.25, 0.3) is 0 Å². The zero-order chi connectivity index (χ0) is 16.8. The van der Waals surface area contributed by atoms with Crippen LogP contribution in [0.3, 0.4) is 0 Å². The van der Waals surface area contributed by atoms with Gasteiger partial charge in [-0.3, -0.25) is 9.48 Å². The number of ether oxygens (including phenoxy) is 1. The van der Waals surface area contributed by atoms with Gasteiger partial charge in [0.2, 0.25) is 0 Å². The Bertz CT molecular complexity index is 524. The third-order valence-electron chi connectivity index (χ3n) is 2.66. The largest absolute Gasteiger partial charge is 0.459 e. The van der Waals surface area contributed by atoms with Crippen molar-refractivity contribution in [2.45, 2.75) is 39.8 Å². The molecule has 1 N–H and O–H groups in total. The van der Waals surface area contributed by atoms with Crippen LogP contribution in [0.15, 0.2) is 11.3 Å². The van der Waals surface area contributed by atoms with Crippen LogP contribution in [0.1, 0.15) is 33.5 Å². The lowest BCUT2D eigenvalue weighted by Gasteiger charge is -2.22. The predicted molar refractivity (Wildman–Crippen MR) is 99.7 cm³/mol. The molecule has 0 aromatic carbocycles. The quantitative estimate of drug-likeness (QED) is 0.322. The zero-order valence-electron chi connectivity index (χ0n) is 14.7. The van der Waals surface area contributed by atoms with E-state index < -0.39 is 5.60 Å². The van der Waals surface area contributed by atoms with Crippen molar-refractivity contribution in [1.29, 1.82) is 0 Å². The van der Waals surface area contributed by atoms with Crippen LogP contribution in [0, 0.1) is 0 Å². The van der Waals surface area contributed by atoms with Crippen LogP contribution in [-0.4, -0.2) is 57.3 Å². The van der Waals surface area contributed by atoms with Gasteiger partial charge in [-0.25, -0.2) is 9.98 Å². The summed E-state index contributed by atoms with van der Waals surface area (Å²) in [4.78, 5) is 22.1. The number of aliphatic imine (C=N–C) groups is 1. The molecular formula is C14H27IN6O2. The Kier molecular flexibility index (Phi) is 9.10. The molecule has 0 aliphatic heterocycles. The molecule has 23 heavy (non-hydrogen) atoms. The third-order valence-corrected chi connectivity index (χ3v) is 2.66. The Hall–Kier alpha value is -1.39. The van der Waals surface area contributed by atoms with E-state index in [-0.39, 0.29) is 36.5 Å². The van der Waals surface area contributed by atoms with Gasteiger partial charge >= 0.3 is 5.97 Å². The number of hydrogen-bond acceptors (Lipinski definition) is 5. The highest BCUT2D eigenvalue weighted by Gasteiger charge is 2.16. The van der Waals surface area contributed by atoms with E-state index in [4.69, 9.17) is 4.74 Å². The fraction of sp³-hybridized carbons (Fsp3) is 0.714. The van der Waals surface area contributed by atoms with Crippen LogP contribution in [0.5, 0.6) is 0 Å². The van der Waals surface area contributed by atoms with Crippen LogP contribution in [-0.2, 0) is 23.1 Å². The molecule has 1 aromatic rings. The number of rotatable bonds is 5. The molecule has 1 heterocycles. The molecule has 0 radical (unpaired) electrons. The molecule has 0 spiro atoms. The highest BCUT2D eigenvalue weighted by atomic mass is 127. The first-order chi connectivity index (χ1) is 10.2. The van der Waals surface area contributed by atoms with Crippen molar-refractivity contribution in [3.05, 3.63) is 12.2 Å². The number of hydrogen-bond donors (Lipinski definition) is 1. The van der Waals surface area contributed by atoms with Gasteiger partial charge in [0.05, 0.1) is 6.54 Å². The molecule has 0 aliphatic rings. The number of aryl methyl sites for hydroxylation is 1. The van der Waals surface area contributed by atoms with E-state index in [0.717, 1.165) is 5.82 Å². The van der Waals surface area contributed by atoms with Crippen molar-refractivity contribution in [3.8, 4) is 0 Å². The Morgan fingerprint density at radius 3 is 2.61 bits per heavy atom. The maximum absolute atomic E-state index is 11.8. The lowest BCUT2D eigenvalue weighted by Crippen LogP contribution is -2.39. The van der Waals surface area contributed by atoms with Crippen LogP contribution in [0.2, 0.25) is 0 Å². The van der Waals surface area contributed by atoms with Gasteiger partial charge in [0, 0.05) is 20.6 Å². The molecule has 8 nitrogen and oxygen atoms in total. The molecule has 9 heteroatoms. The Balaban J connectivity index is 0.00000484. The summed E-state index contributed by atoms with van der Waals surface area (Å²) in [5.41, 5.74) is -0.504. The molecule has 1 aromatic heterocycles. The number of carbonyl (C=O) groups excluding carboxylic acids is 1. The zero-order valence-corrected chi connectivity index (χ0v) is 17.0. The van der Waals surface area contributed by atoms with Crippen molar-refractivity contribution >= 4 is 35.9 Å². The summed E-state index contributed by atoms with van der Waals surface area (Å²) in [6.07, 6.45) is 1.51. The molecule has 0 atom stereocenters. The second-order valence-corrected chi connectivity index (χ2v) is 5.91. The van der Waals surface area contributed by atoms with E-state index in [1.165, 1.54) is 6.33 Å². The third kappa shape index (κ3) is 8.14. The van der Waals surface area contributed by atoms with Crippen LogP contribution >= 0.6 is 24.0 Å². The maximum atomic E-state index is 11.8. The van der Waals surface area contributed by atoms with E-state index in [1.807, 2.05) is 46.7 Å². The summed E-state index contributed by atoms with van der Waals surface area (Å²) in [5, 5.41) is 7.18. The number of esters is 1. The van der Waals surface area contributed by atoms with E-state index in [2.05, 4.69) is 20.4 Å². The Labute approximate surface area is 154 Å². The second kappa shape index (κ2) is 9.68. The summed E-state index contributed by atoms with van der Waals surface area (Å²) in [5.74, 6) is 1.08. The summed E-state index contributed by atoms with van der Waals surface area (Å²) in [6.45, 7) is 8.69. The number of guanidine groups is 1. The van der Waals surface area contributed by atoms with Gasteiger partial charge in [0.15, 0.2) is 5.96 Å². The summed E-state index contributed by atoms with van der Waals surface area (Å²) < 4.78 is 6.95. The first-order valence-electron chi connectivity index (χ1n) is 7.27. The SMILES string of the molecule is CCNC(=NCC(=O)OC(C)(C)C)N(C)Cc1ncnn1C.I. The first-order valence-corrected chi connectivity index (χ1v) is 7.27. The molecule has 0 saturated carbocycles. The lowest BCUT2D eigenvalue weighted by molar-refractivity contribution is -0.152. The standard InChI is InChI=1S/C14H26N6O2.HI/c1-7-15-13(16-8-12(21)22-14(2,3)4)19(5)9-11-17-10-18-20(11)6;/h10H,7-9H2,1-6H3,(H,15,16);1H. The number of carbonyl (C=O) groups is 1. The minimum absolute atomic E-state index is 0. The average Bonchev–Trinajstić information content (AvgIpc) is 2.78. The van der Waals surface area contributed by atoms with Gasteiger partial charge in [0.1, 0.15) is 24.3 Å². The molecule has 132 valence electrons.